The lowest BCUT2D eigenvalue weighted by molar-refractivity contribution is -0.131. The van der Waals surface area contributed by atoms with Crippen molar-refractivity contribution in [1.82, 2.24) is 4.90 Å². The summed E-state index contributed by atoms with van der Waals surface area (Å²) in [4.78, 5) is 14.0. The predicted octanol–water partition coefficient (Wildman–Crippen LogP) is 3.39. The number of carbonyl (C=O) groups is 1. The number of nitrogens with two attached hydrogens (primary N) is 1. The number of nitrogens with zero attached hydrogens (tertiary/aromatic N) is 1. The molecule has 1 heterocycles. The molecule has 19 heavy (non-hydrogen) atoms. The minimum atomic E-state index is -0.196. The first-order valence-corrected chi connectivity index (χ1v) is 7.23. The standard InChI is InChI=1S/C14H18Cl2N2O/c1-3-8(2)18-13(19)7-12(17)14(18)9-4-5-10(15)11(16)6-9/h4-6,8,12,14H,3,7,17H2,1-2H3. The van der Waals surface area contributed by atoms with Gasteiger partial charge in [-0.25, -0.2) is 0 Å². The molecule has 1 aromatic carbocycles. The van der Waals surface area contributed by atoms with Gasteiger partial charge in [-0.1, -0.05) is 36.2 Å². The van der Waals surface area contributed by atoms with E-state index in [9.17, 15) is 4.79 Å². The van der Waals surface area contributed by atoms with Gasteiger partial charge >= 0.3 is 0 Å². The van der Waals surface area contributed by atoms with Crippen molar-refractivity contribution in [3.63, 3.8) is 0 Å². The molecule has 0 saturated carbocycles. The summed E-state index contributed by atoms with van der Waals surface area (Å²) in [7, 11) is 0. The Balaban J connectivity index is 2.39. The maximum atomic E-state index is 12.1. The highest BCUT2D eigenvalue weighted by Crippen LogP contribution is 2.36. The van der Waals surface area contributed by atoms with E-state index in [0.717, 1.165) is 12.0 Å². The number of likely N-dealkylation sites (tertiary alicyclic amines) is 1. The molecular formula is C14H18Cl2N2O. The second-order valence-electron chi connectivity index (χ2n) is 5.04. The van der Waals surface area contributed by atoms with Crippen molar-refractivity contribution in [2.75, 3.05) is 0 Å². The molecule has 0 radical (unpaired) electrons. The van der Waals surface area contributed by atoms with Crippen LogP contribution in [0.15, 0.2) is 18.2 Å². The van der Waals surface area contributed by atoms with Crippen LogP contribution < -0.4 is 5.73 Å². The van der Waals surface area contributed by atoms with Gasteiger partial charge in [-0.05, 0) is 31.0 Å². The normalized spacial score (nSPS) is 24.9. The van der Waals surface area contributed by atoms with E-state index in [1.54, 1.807) is 6.07 Å². The van der Waals surface area contributed by atoms with Crippen LogP contribution in [0.2, 0.25) is 10.0 Å². The highest BCUT2D eigenvalue weighted by Gasteiger charge is 2.40. The summed E-state index contributed by atoms with van der Waals surface area (Å²) in [5, 5.41) is 1.01. The Morgan fingerprint density at radius 2 is 2.11 bits per heavy atom. The zero-order valence-corrected chi connectivity index (χ0v) is 12.6. The van der Waals surface area contributed by atoms with Crippen LogP contribution in [-0.4, -0.2) is 22.9 Å². The van der Waals surface area contributed by atoms with Crippen molar-refractivity contribution < 1.29 is 4.79 Å². The largest absolute Gasteiger partial charge is 0.331 e. The first-order valence-electron chi connectivity index (χ1n) is 6.47. The van der Waals surface area contributed by atoms with Gasteiger partial charge in [0.2, 0.25) is 5.91 Å². The van der Waals surface area contributed by atoms with Gasteiger partial charge < -0.3 is 10.6 Å². The van der Waals surface area contributed by atoms with Crippen LogP contribution >= 0.6 is 23.2 Å². The summed E-state index contributed by atoms with van der Waals surface area (Å²) in [6.45, 7) is 4.11. The van der Waals surface area contributed by atoms with Gasteiger partial charge in [0, 0.05) is 18.5 Å². The van der Waals surface area contributed by atoms with E-state index in [0.29, 0.717) is 16.5 Å². The third-order valence-corrected chi connectivity index (χ3v) is 4.49. The molecule has 0 bridgehead atoms. The molecule has 2 N–H and O–H groups in total. The van der Waals surface area contributed by atoms with Gasteiger partial charge in [-0.3, -0.25) is 4.79 Å². The van der Waals surface area contributed by atoms with Crippen molar-refractivity contribution in [2.45, 2.75) is 44.8 Å². The lowest BCUT2D eigenvalue weighted by atomic mass is 9.99. The number of hydrogen-bond acceptors (Lipinski definition) is 2. The Labute approximate surface area is 123 Å². The van der Waals surface area contributed by atoms with Gasteiger partial charge in [0.1, 0.15) is 0 Å². The van der Waals surface area contributed by atoms with Crippen LogP contribution in [0.4, 0.5) is 0 Å². The molecule has 1 amide bonds. The summed E-state index contributed by atoms with van der Waals surface area (Å²) in [5.41, 5.74) is 7.09. The maximum absolute atomic E-state index is 12.1. The SMILES string of the molecule is CCC(C)N1C(=O)CC(N)C1c1ccc(Cl)c(Cl)c1. The predicted molar refractivity (Wildman–Crippen MR) is 78.4 cm³/mol. The minimum absolute atomic E-state index is 0.109. The molecule has 104 valence electrons. The molecule has 0 spiro atoms. The topological polar surface area (TPSA) is 46.3 Å². The van der Waals surface area contributed by atoms with Crippen LogP contribution in [0.1, 0.15) is 38.3 Å². The Morgan fingerprint density at radius 1 is 1.42 bits per heavy atom. The Hall–Kier alpha value is -0.770. The molecule has 3 atom stereocenters. The molecule has 0 aromatic heterocycles. The first kappa shape index (κ1) is 14.6. The molecule has 1 fully saturated rings. The van der Waals surface area contributed by atoms with E-state index in [1.807, 2.05) is 24.0 Å². The molecule has 2 rings (SSSR count). The molecule has 3 nitrogen and oxygen atoms in total. The van der Waals surface area contributed by atoms with E-state index in [2.05, 4.69) is 6.92 Å². The molecule has 3 unspecified atom stereocenters. The number of amides is 1. The molecular weight excluding hydrogens is 283 g/mol. The second kappa shape index (κ2) is 5.70. The van der Waals surface area contributed by atoms with Crippen LogP contribution in [0, 0.1) is 0 Å². The molecule has 0 aliphatic carbocycles. The average Bonchev–Trinajstić information content (AvgIpc) is 2.67. The lowest BCUT2D eigenvalue weighted by Crippen LogP contribution is -2.38. The van der Waals surface area contributed by atoms with Gasteiger partial charge in [0.15, 0.2) is 0 Å². The zero-order valence-electron chi connectivity index (χ0n) is 11.1. The van der Waals surface area contributed by atoms with E-state index in [4.69, 9.17) is 28.9 Å². The highest BCUT2D eigenvalue weighted by atomic mass is 35.5. The molecule has 1 aromatic rings. The monoisotopic (exact) mass is 300 g/mol. The van der Waals surface area contributed by atoms with Gasteiger partial charge in [-0.15, -0.1) is 0 Å². The van der Waals surface area contributed by atoms with E-state index >= 15 is 0 Å². The number of rotatable bonds is 3. The fourth-order valence-corrected chi connectivity index (χ4v) is 2.91. The highest BCUT2D eigenvalue weighted by molar-refractivity contribution is 6.42. The van der Waals surface area contributed by atoms with Crippen LogP contribution in [0.5, 0.6) is 0 Å². The van der Waals surface area contributed by atoms with E-state index in [1.165, 1.54) is 0 Å². The number of carbonyl (C=O) groups excluding carboxylic acids is 1. The average molecular weight is 301 g/mol. The zero-order chi connectivity index (χ0) is 14.2. The number of halogens is 2. The molecule has 1 saturated heterocycles. The summed E-state index contributed by atoms with van der Waals surface area (Å²) in [6.07, 6.45) is 1.28. The third kappa shape index (κ3) is 2.73. The Bertz CT molecular complexity index is 492. The molecule has 1 aliphatic rings. The Kier molecular flexibility index (Phi) is 4.39. The van der Waals surface area contributed by atoms with Crippen LogP contribution in [0.25, 0.3) is 0 Å². The second-order valence-corrected chi connectivity index (χ2v) is 5.86. The number of hydrogen-bond donors (Lipinski definition) is 1. The van der Waals surface area contributed by atoms with Crippen molar-refractivity contribution in [1.29, 1.82) is 0 Å². The van der Waals surface area contributed by atoms with Crippen molar-refractivity contribution >= 4 is 29.1 Å². The summed E-state index contributed by atoms with van der Waals surface area (Å²) in [6, 6.07) is 5.31. The number of benzene rings is 1. The van der Waals surface area contributed by atoms with Crippen LogP contribution in [-0.2, 0) is 4.79 Å². The summed E-state index contributed by atoms with van der Waals surface area (Å²) < 4.78 is 0. The fraction of sp³-hybridized carbons (Fsp3) is 0.500. The van der Waals surface area contributed by atoms with Crippen LogP contribution in [0.3, 0.4) is 0 Å². The molecule has 5 heteroatoms. The maximum Gasteiger partial charge on any atom is 0.225 e. The van der Waals surface area contributed by atoms with E-state index < -0.39 is 0 Å². The van der Waals surface area contributed by atoms with Gasteiger partial charge in [0.25, 0.3) is 0 Å². The fourth-order valence-electron chi connectivity index (χ4n) is 2.60. The minimum Gasteiger partial charge on any atom is -0.331 e. The summed E-state index contributed by atoms with van der Waals surface area (Å²) >= 11 is 12.0. The first-order chi connectivity index (χ1) is 8.95. The van der Waals surface area contributed by atoms with Crippen molar-refractivity contribution in [3.05, 3.63) is 33.8 Å². The van der Waals surface area contributed by atoms with Gasteiger partial charge in [0.05, 0.1) is 16.1 Å². The van der Waals surface area contributed by atoms with Gasteiger partial charge in [-0.2, -0.15) is 0 Å². The van der Waals surface area contributed by atoms with Crippen molar-refractivity contribution in [2.24, 2.45) is 5.73 Å². The van der Waals surface area contributed by atoms with Crippen molar-refractivity contribution in [3.8, 4) is 0 Å². The molecule has 1 aliphatic heterocycles. The third-order valence-electron chi connectivity index (χ3n) is 3.75. The smallest absolute Gasteiger partial charge is 0.225 e. The van der Waals surface area contributed by atoms with E-state index in [-0.39, 0.29) is 24.0 Å². The lowest BCUT2D eigenvalue weighted by Gasteiger charge is -2.32. The quantitative estimate of drug-likeness (QED) is 0.930. The summed E-state index contributed by atoms with van der Waals surface area (Å²) in [5.74, 6) is 0.109. The Morgan fingerprint density at radius 3 is 2.68 bits per heavy atom.